The molecule has 0 atom stereocenters. The zero-order valence-corrected chi connectivity index (χ0v) is 7.73. The van der Waals surface area contributed by atoms with Crippen molar-refractivity contribution >= 4 is 0 Å². The van der Waals surface area contributed by atoms with Gasteiger partial charge in [0, 0.05) is 7.11 Å². The van der Waals surface area contributed by atoms with Crippen molar-refractivity contribution in [3.63, 3.8) is 0 Å². The highest BCUT2D eigenvalue weighted by atomic mass is 16.2. The third-order valence-corrected chi connectivity index (χ3v) is 0. The molecule has 0 heterocycles. The second-order valence-electron chi connectivity index (χ2n) is 2.44. The van der Waals surface area contributed by atoms with Gasteiger partial charge in [-0.1, -0.05) is 55.9 Å². The fourth-order valence-electron chi connectivity index (χ4n) is 0. The SMILES string of the molecule is C.C.CC(C)C.CCC.CO. The predicted molar refractivity (Wildman–Crippen MR) is 58.1 cm³/mol. The smallest absolute Gasteiger partial charge is 0.0319 e. The number of hydrogen-bond donors (Lipinski definition) is 1. The van der Waals surface area contributed by atoms with Gasteiger partial charge in [0.1, 0.15) is 0 Å². The highest BCUT2D eigenvalue weighted by Crippen LogP contribution is 1.81. The molecule has 1 nitrogen and oxygen atoms in total. The van der Waals surface area contributed by atoms with Gasteiger partial charge in [-0.3, -0.25) is 0 Å². The largest absolute Gasteiger partial charge is 0.400 e. The van der Waals surface area contributed by atoms with Crippen molar-refractivity contribution in [2.45, 2.75) is 55.9 Å². The number of aliphatic hydroxyl groups is 1. The van der Waals surface area contributed by atoms with Gasteiger partial charge in [-0.05, 0) is 5.92 Å². The van der Waals surface area contributed by atoms with Crippen molar-refractivity contribution in [1.29, 1.82) is 0 Å². The van der Waals surface area contributed by atoms with Gasteiger partial charge in [0.2, 0.25) is 0 Å². The van der Waals surface area contributed by atoms with Gasteiger partial charge in [-0.25, -0.2) is 0 Å². The molecule has 0 aliphatic carbocycles. The van der Waals surface area contributed by atoms with E-state index in [-0.39, 0.29) is 14.9 Å². The van der Waals surface area contributed by atoms with E-state index in [1.807, 2.05) is 0 Å². The van der Waals surface area contributed by atoms with Crippen LogP contribution in [-0.4, -0.2) is 12.2 Å². The average Bonchev–Trinajstić information content (AvgIpc) is 1.71. The summed E-state index contributed by atoms with van der Waals surface area (Å²) in [5, 5.41) is 7.00. The molecule has 0 saturated heterocycles. The van der Waals surface area contributed by atoms with E-state index in [0.29, 0.717) is 0 Å². The molecule has 0 saturated carbocycles. The lowest BCUT2D eigenvalue weighted by molar-refractivity contribution is 0.399. The molecule has 0 unspecified atom stereocenters. The summed E-state index contributed by atoms with van der Waals surface area (Å²) in [6.45, 7) is 10.8. The topological polar surface area (TPSA) is 20.2 Å². The first-order valence-electron chi connectivity index (χ1n) is 3.59. The van der Waals surface area contributed by atoms with Gasteiger partial charge in [0.05, 0.1) is 0 Å². The van der Waals surface area contributed by atoms with Crippen molar-refractivity contribution in [1.82, 2.24) is 0 Å². The minimum Gasteiger partial charge on any atom is -0.400 e. The number of aliphatic hydroxyl groups excluding tert-OH is 1. The van der Waals surface area contributed by atoms with Gasteiger partial charge < -0.3 is 5.11 Å². The van der Waals surface area contributed by atoms with E-state index >= 15 is 0 Å². The van der Waals surface area contributed by atoms with Gasteiger partial charge in [-0.15, -0.1) is 0 Å². The minimum absolute atomic E-state index is 0. The zero-order valence-electron chi connectivity index (χ0n) is 7.73. The molecule has 0 aliphatic heterocycles. The summed E-state index contributed by atoms with van der Waals surface area (Å²) in [6, 6.07) is 0. The Labute approximate surface area is 74.8 Å². The molecule has 0 amide bonds. The molecule has 0 aliphatic rings. The van der Waals surface area contributed by atoms with E-state index in [2.05, 4.69) is 34.6 Å². The van der Waals surface area contributed by atoms with Gasteiger partial charge >= 0.3 is 0 Å². The molecule has 11 heavy (non-hydrogen) atoms. The van der Waals surface area contributed by atoms with Crippen LogP contribution in [0.1, 0.15) is 55.9 Å². The molecule has 0 aromatic heterocycles. The van der Waals surface area contributed by atoms with Crippen molar-refractivity contribution < 1.29 is 5.11 Å². The standard InChI is InChI=1S/C4H10.C3H8.CH4O.2CH4/c1-4(2)3;1-3-2;1-2;;/h4H,1-3H3;3H2,1-2H3;2H,1H3;2*1H4. The van der Waals surface area contributed by atoms with Crippen LogP contribution in [0, 0.1) is 5.92 Å². The van der Waals surface area contributed by atoms with Crippen molar-refractivity contribution in [2.24, 2.45) is 5.92 Å². The van der Waals surface area contributed by atoms with Crippen LogP contribution < -0.4 is 0 Å². The Hall–Kier alpha value is -0.0400. The first-order chi connectivity index (χ1) is 4.15. The van der Waals surface area contributed by atoms with Crippen molar-refractivity contribution in [3.05, 3.63) is 0 Å². The minimum atomic E-state index is 0. The Kier molecular flexibility index (Phi) is 142. The van der Waals surface area contributed by atoms with Crippen LogP contribution in [0.15, 0.2) is 0 Å². The molecule has 0 spiro atoms. The molecule has 0 rings (SSSR count). The second-order valence-corrected chi connectivity index (χ2v) is 2.44. The molecule has 1 N–H and O–H groups in total. The monoisotopic (exact) mass is 166 g/mol. The zero-order chi connectivity index (χ0) is 8.28. The fraction of sp³-hybridized carbons (Fsp3) is 1.00. The second kappa shape index (κ2) is 51.0. The summed E-state index contributed by atoms with van der Waals surface area (Å²) in [5.74, 6) is 0.833. The molecule has 0 bridgehead atoms. The molecule has 0 aromatic carbocycles. The lowest BCUT2D eigenvalue weighted by atomic mass is 10.3. The molecule has 0 fully saturated rings. The molecular formula is C10H30O. The molecule has 1 heteroatoms. The Morgan fingerprint density at radius 3 is 0.909 bits per heavy atom. The number of hydrogen-bond acceptors (Lipinski definition) is 1. The van der Waals surface area contributed by atoms with Crippen LogP contribution in [0.5, 0.6) is 0 Å². The van der Waals surface area contributed by atoms with Crippen molar-refractivity contribution in [3.8, 4) is 0 Å². The molecule has 76 valence electrons. The van der Waals surface area contributed by atoms with E-state index in [0.717, 1.165) is 13.0 Å². The van der Waals surface area contributed by atoms with E-state index in [4.69, 9.17) is 5.11 Å². The predicted octanol–water partition coefficient (Wildman–Crippen LogP) is 3.96. The van der Waals surface area contributed by atoms with Gasteiger partial charge in [0.15, 0.2) is 0 Å². The Morgan fingerprint density at radius 1 is 0.909 bits per heavy atom. The maximum Gasteiger partial charge on any atom is 0.0319 e. The Morgan fingerprint density at radius 2 is 0.909 bits per heavy atom. The third-order valence-electron chi connectivity index (χ3n) is 0. The summed E-state index contributed by atoms with van der Waals surface area (Å²) < 4.78 is 0. The van der Waals surface area contributed by atoms with Crippen molar-refractivity contribution in [2.75, 3.05) is 7.11 Å². The number of rotatable bonds is 0. The fourth-order valence-corrected chi connectivity index (χ4v) is 0. The molecule has 0 aromatic rings. The van der Waals surface area contributed by atoms with Crippen LogP contribution in [0.4, 0.5) is 0 Å². The van der Waals surface area contributed by atoms with Crippen LogP contribution in [0.25, 0.3) is 0 Å². The first-order valence-corrected chi connectivity index (χ1v) is 3.59. The van der Waals surface area contributed by atoms with Gasteiger partial charge in [-0.2, -0.15) is 0 Å². The Balaban J connectivity index is -0.0000000158. The summed E-state index contributed by atoms with van der Waals surface area (Å²) in [7, 11) is 1.00. The summed E-state index contributed by atoms with van der Waals surface area (Å²) >= 11 is 0. The van der Waals surface area contributed by atoms with Crippen LogP contribution >= 0.6 is 0 Å². The molecular weight excluding hydrogens is 136 g/mol. The summed E-state index contributed by atoms with van der Waals surface area (Å²) in [5.41, 5.74) is 0. The summed E-state index contributed by atoms with van der Waals surface area (Å²) in [6.07, 6.45) is 1.25. The summed E-state index contributed by atoms with van der Waals surface area (Å²) in [4.78, 5) is 0. The lowest BCUT2D eigenvalue weighted by Crippen LogP contribution is -1.66. The highest BCUT2D eigenvalue weighted by molar-refractivity contribution is 4.20. The molecule has 0 radical (unpaired) electrons. The van der Waals surface area contributed by atoms with E-state index in [1.54, 1.807) is 0 Å². The van der Waals surface area contributed by atoms with E-state index in [9.17, 15) is 0 Å². The normalized spacial score (nSPS) is 5.45. The third kappa shape index (κ3) is 394000. The van der Waals surface area contributed by atoms with Crippen LogP contribution in [0.2, 0.25) is 0 Å². The quantitative estimate of drug-likeness (QED) is 0.577. The first kappa shape index (κ1) is 30.6. The highest BCUT2D eigenvalue weighted by Gasteiger charge is 1.68. The van der Waals surface area contributed by atoms with Crippen LogP contribution in [-0.2, 0) is 0 Å². The average molecular weight is 166 g/mol. The maximum atomic E-state index is 7.00. The maximum absolute atomic E-state index is 7.00. The van der Waals surface area contributed by atoms with Gasteiger partial charge in [0.25, 0.3) is 0 Å². The van der Waals surface area contributed by atoms with E-state index in [1.165, 1.54) is 6.42 Å². The van der Waals surface area contributed by atoms with E-state index < -0.39 is 0 Å². The lowest BCUT2D eigenvalue weighted by Gasteiger charge is -1.79. The Bertz CT molecular complexity index is 16.1. The van der Waals surface area contributed by atoms with Crippen LogP contribution in [0.3, 0.4) is 0 Å².